The third-order valence-electron chi connectivity index (χ3n) is 4.63. The molecular formula is C19H20FN7O3S. The van der Waals surface area contributed by atoms with Gasteiger partial charge >= 0.3 is 6.09 Å². The van der Waals surface area contributed by atoms with Crippen LogP contribution in [0.4, 0.5) is 14.9 Å². The number of aryl methyl sites for hydroxylation is 1. The number of hydrogen-bond acceptors (Lipinski definition) is 7. The van der Waals surface area contributed by atoms with E-state index in [2.05, 4.69) is 20.5 Å². The van der Waals surface area contributed by atoms with Crippen molar-refractivity contribution in [3.8, 4) is 5.69 Å². The van der Waals surface area contributed by atoms with E-state index in [1.165, 1.54) is 36.0 Å². The average Bonchev–Trinajstić information content (AvgIpc) is 3.45. The van der Waals surface area contributed by atoms with Gasteiger partial charge in [-0.25, -0.2) is 14.2 Å². The maximum atomic E-state index is 14.8. The Morgan fingerprint density at radius 1 is 1.39 bits per heavy atom. The quantitative estimate of drug-likeness (QED) is 0.554. The van der Waals surface area contributed by atoms with Crippen molar-refractivity contribution in [3.05, 3.63) is 48.6 Å². The first-order valence-electron chi connectivity index (χ1n) is 9.43. The van der Waals surface area contributed by atoms with E-state index < -0.39 is 18.0 Å². The number of carbonyl (C=O) groups excluding carboxylic acids is 2. The normalized spacial score (nSPS) is 15.9. The summed E-state index contributed by atoms with van der Waals surface area (Å²) in [5, 5.41) is 11.2. The number of halogens is 1. The van der Waals surface area contributed by atoms with Crippen LogP contribution >= 0.6 is 11.8 Å². The molecule has 1 aliphatic rings. The molecule has 1 N–H and O–H groups in total. The molecule has 1 aromatic carbocycles. The van der Waals surface area contributed by atoms with Crippen molar-refractivity contribution in [2.75, 3.05) is 18.0 Å². The molecule has 0 aliphatic carbocycles. The topological polar surface area (TPSA) is 107 Å². The molecule has 1 aliphatic heterocycles. The van der Waals surface area contributed by atoms with E-state index in [0.29, 0.717) is 17.1 Å². The maximum Gasteiger partial charge on any atom is 0.414 e. The van der Waals surface area contributed by atoms with Gasteiger partial charge in [0.25, 0.3) is 0 Å². The fraction of sp³-hybridized carbons (Fsp3) is 0.316. The molecule has 2 amide bonds. The summed E-state index contributed by atoms with van der Waals surface area (Å²) in [7, 11) is 1.86. The summed E-state index contributed by atoms with van der Waals surface area (Å²) in [6.45, 7) is 1.83. The first-order valence-corrected chi connectivity index (χ1v) is 10.4. The van der Waals surface area contributed by atoms with Crippen LogP contribution in [-0.4, -0.2) is 55.5 Å². The van der Waals surface area contributed by atoms with E-state index in [1.54, 1.807) is 29.2 Å². The molecular weight excluding hydrogens is 425 g/mol. The fourth-order valence-corrected chi connectivity index (χ4v) is 3.86. The molecule has 2 aromatic heterocycles. The van der Waals surface area contributed by atoms with Crippen molar-refractivity contribution < 1.29 is 18.7 Å². The molecule has 1 fully saturated rings. The van der Waals surface area contributed by atoms with Gasteiger partial charge in [0.2, 0.25) is 5.91 Å². The van der Waals surface area contributed by atoms with Crippen LogP contribution in [0.25, 0.3) is 5.69 Å². The molecule has 0 saturated carbocycles. The van der Waals surface area contributed by atoms with E-state index in [1.807, 2.05) is 11.6 Å². The largest absolute Gasteiger partial charge is 0.442 e. The molecule has 0 radical (unpaired) electrons. The summed E-state index contributed by atoms with van der Waals surface area (Å²) in [6.07, 6.45) is 3.85. The number of cyclic esters (lactones) is 1. The Bertz CT molecular complexity index is 1120. The van der Waals surface area contributed by atoms with Crippen LogP contribution in [0.5, 0.6) is 0 Å². The lowest BCUT2D eigenvalue weighted by Gasteiger charge is -2.14. The van der Waals surface area contributed by atoms with Gasteiger partial charge < -0.3 is 19.2 Å². The zero-order valence-corrected chi connectivity index (χ0v) is 17.7. The van der Waals surface area contributed by atoms with Crippen molar-refractivity contribution in [3.63, 3.8) is 0 Å². The number of nitrogens with one attached hydrogen (secondary N) is 1. The van der Waals surface area contributed by atoms with Gasteiger partial charge in [0.1, 0.15) is 18.2 Å². The second-order valence-electron chi connectivity index (χ2n) is 6.97. The molecule has 0 spiro atoms. The molecule has 10 nitrogen and oxygen atoms in total. The summed E-state index contributed by atoms with van der Waals surface area (Å²) in [5.41, 5.74) is 1.46. The molecule has 1 unspecified atom stereocenters. The third kappa shape index (κ3) is 4.68. The summed E-state index contributed by atoms with van der Waals surface area (Å²) in [6, 6.07) is 4.51. The van der Waals surface area contributed by atoms with Crippen molar-refractivity contribution >= 4 is 29.4 Å². The number of hydrogen-bond donors (Lipinski definition) is 1. The second-order valence-corrected chi connectivity index (χ2v) is 7.92. The highest BCUT2D eigenvalue weighted by Crippen LogP contribution is 2.26. The van der Waals surface area contributed by atoms with Crippen molar-refractivity contribution in [2.45, 2.75) is 23.9 Å². The standard InChI is InChI=1S/C19H20FN7O3S/c1-12(28)21-6-15-8-27(19(29)30-15)14-3-4-17(16(20)5-14)26-7-13(22-10-26)9-31-18-24-23-11-25(18)2/h3-5,7,10-11,15H,6,8-9H2,1-2H3,(H,21,28). The zero-order chi connectivity index (χ0) is 22.0. The molecule has 3 aromatic rings. The monoisotopic (exact) mass is 445 g/mol. The Morgan fingerprint density at radius 2 is 2.23 bits per heavy atom. The highest BCUT2D eigenvalue weighted by molar-refractivity contribution is 7.98. The summed E-state index contributed by atoms with van der Waals surface area (Å²) >= 11 is 1.48. The van der Waals surface area contributed by atoms with Crippen LogP contribution in [0.2, 0.25) is 0 Å². The van der Waals surface area contributed by atoms with Gasteiger partial charge in [-0.05, 0) is 18.2 Å². The minimum Gasteiger partial charge on any atom is -0.442 e. The number of carbonyl (C=O) groups is 2. The number of nitrogens with zero attached hydrogens (tertiary/aromatic N) is 6. The molecule has 1 atom stereocenters. The number of imidazole rings is 1. The summed E-state index contributed by atoms with van der Waals surface area (Å²) in [4.78, 5) is 28.8. The van der Waals surface area contributed by atoms with E-state index in [-0.39, 0.29) is 19.0 Å². The third-order valence-corrected chi connectivity index (χ3v) is 5.70. The van der Waals surface area contributed by atoms with Crippen LogP contribution in [0.15, 0.2) is 42.2 Å². The van der Waals surface area contributed by atoms with Crippen molar-refractivity contribution in [1.82, 2.24) is 29.6 Å². The Balaban J connectivity index is 1.43. The fourth-order valence-electron chi connectivity index (χ4n) is 3.08. The maximum absolute atomic E-state index is 14.8. The first kappa shape index (κ1) is 20.8. The zero-order valence-electron chi connectivity index (χ0n) is 16.9. The lowest BCUT2D eigenvalue weighted by molar-refractivity contribution is -0.119. The Hall–Kier alpha value is -3.41. The predicted octanol–water partition coefficient (Wildman–Crippen LogP) is 1.89. The average molecular weight is 445 g/mol. The van der Waals surface area contributed by atoms with Gasteiger partial charge in [0.05, 0.1) is 36.5 Å². The molecule has 3 heterocycles. The van der Waals surface area contributed by atoms with E-state index >= 15 is 0 Å². The van der Waals surface area contributed by atoms with Gasteiger partial charge in [-0.1, -0.05) is 11.8 Å². The number of amides is 2. The molecule has 0 bridgehead atoms. The SMILES string of the molecule is CC(=O)NCC1CN(c2ccc(-n3cnc(CSc4nncn4C)c3)c(F)c2)C(=O)O1. The molecule has 12 heteroatoms. The summed E-state index contributed by atoms with van der Waals surface area (Å²) < 4.78 is 23.5. The van der Waals surface area contributed by atoms with Gasteiger partial charge in [0, 0.05) is 25.9 Å². The van der Waals surface area contributed by atoms with Crippen LogP contribution in [0, 0.1) is 5.82 Å². The highest BCUT2D eigenvalue weighted by Gasteiger charge is 2.32. The smallest absolute Gasteiger partial charge is 0.414 e. The lowest BCUT2D eigenvalue weighted by atomic mass is 10.2. The highest BCUT2D eigenvalue weighted by atomic mass is 32.2. The minimum atomic E-state index is -0.576. The van der Waals surface area contributed by atoms with Crippen LogP contribution < -0.4 is 10.2 Å². The molecule has 4 rings (SSSR count). The van der Waals surface area contributed by atoms with E-state index in [4.69, 9.17) is 4.74 Å². The van der Waals surface area contributed by atoms with Crippen LogP contribution in [-0.2, 0) is 22.3 Å². The van der Waals surface area contributed by atoms with Crippen molar-refractivity contribution in [1.29, 1.82) is 0 Å². The van der Waals surface area contributed by atoms with E-state index in [0.717, 1.165) is 10.9 Å². The number of anilines is 1. The van der Waals surface area contributed by atoms with Gasteiger partial charge in [-0.3, -0.25) is 9.69 Å². The number of rotatable bonds is 7. The first-order chi connectivity index (χ1) is 14.9. The van der Waals surface area contributed by atoms with Gasteiger partial charge in [-0.15, -0.1) is 10.2 Å². The van der Waals surface area contributed by atoms with Crippen LogP contribution in [0.3, 0.4) is 0 Å². The molecule has 1 saturated heterocycles. The van der Waals surface area contributed by atoms with E-state index in [9.17, 15) is 14.0 Å². The summed E-state index contributed by atoms with van der Waals surface area (Å²) in [5.74, 6) is -0.144. The Kier molecular flexibility index (Phi) is 5.89. The van der Waals surface area contributed by atoms with Gasteiger partial charge in [-0.2, -0.15) is 0 Å². The Morgan fingerprint density at radius 3 is 2.94 bits per heavy atom. The number of aromatic nitrogens is 5. The second kappa shape index (κ2) is 8.76. The molecule has 162 valence electrons. The van der Waals surface area contributed by atoms with Crippen molar-refractivity contribution in [2.24, 2.45) is 7.05 Å². The predicted molar refractivity (Wildman–Crippen MR) is 110 cm³/mol. The number of benzene rings is 1. The Labute approximate surface area is 181 Å². The van der Waals surface area contributed by atoms with Gasteiger partial charge in [0.15, 0.2) is 5.16 Å². The van der Waals surface area contributed by atoms with Crippen LogP contribution in [0.1, 0.15) is 12.6 Å². The molecule has 31 heavy (non-hydrogen) atoms. The number of thioether (sulfide) groups is 1. The minimum absolute atomic E-state index is 0.209. The lowest BCUT2D eigenvalue weighted by Crippen LogP contribution is -2.33. The number of ether oxygens (including phenoxy) is 1.